The van der Waals surface area contributed by atoms with Crippen LogP contribution >= 0.6 is 0 Å². The molecule has 1 N–H and O–H groups in total. The number of rotatable bonds is 6. The molecule has 0 saturated carbocycles. The Bertz CT molecular complexity index is 659. The highest BCUT2D eigenvalue weighted by Crippen LogP contribution is 2.20. The first-order chi connectivity index (χ1) is 13.2. The van der Waals surface area contributed by atoms with Crippen molar-refractivity contribution in [2.24, 2.45) is 5.92 Å². The van der Waals surface area contributed by atoms with Crippen molar-refractivity contribution >= 4 is 12.0 Å². The minimum Gasteiger partial charge on any atom is -0.444 e. The molecule has 1 aromatic carbocycles. The van der Waals surface area contributed by atoms with Gasteiger partial charge in [0.2, 0.25) is 5.91 Å². The minimum atomic E-state index is -0.502. The van der Waals surface area contributed by atoms with E-state index in [1.54, 1.807) is 4.90 Å². The zero-order valence-corrected chi connectivity index (χ0v) is 17.8. The van der Waals surface area contributed by atoms with Gasteiger partial charge < -0.3 is 19.7 Å². The lowest BCUT2D eigenvalue weighted by molar-refractivity contribution is -0.126. The van der Waals surface area contributed by atoms with Crippen molar-refractivity contribution in [2.45, 2.75) is 72.3 Å². The number of nitrogens with zero attached hydrogens (tertiary/aromatic N) is 1. The fraction of sp³-hybridized carbons (Fsp3) is 0.636. The summed E-state index contributed by atoms with van der Waals surface area (Å²) in [6.45, 7) is 11.7. The number of hydrogen-bond donors (Lipinski definition) is 1. The van der Waals surface area contributed by atoms with Gasteiger partial charge in [-0.15, -0.1) is 0 Å². The van der Waals surface area contributed by atoms with Crippen LogP contribution in [0.25, 0.3) is 0 Å². The Morgan fingerprint density at radius 3 is 2.32 bits per heavy atom. The van der Waals surface area contributed by atoms with Crippen LogP contribution in [-0.4, -0.2) is 41.7 Å². The molecule has 6 nitrogen and oxygen atoms in total. The number of carbonyl (C=O) groups excluding carboxylic acids is 2. The van der Waals surface area contributed by atoms with Gasteiger partial charge in [-0.05, 0) is 58.6 Å². The third-order valence-corrected chi connectivity index (χ3v) is 4.66. The highest BCUT2D eigenvalue weighted by molar-refractivity contribution is 5.79. The van der Waals surface area contributed by atoms with E-state index in [9.17, 15) is 9.59 Å². The molecule has 2 amide bonds. The van der Waals surface area contributed by atoms with Crippen molar-refractivity contribution in [3.05, 3.63) is 35.4 Å². The molecular formula is C22H34N2O4. The first kappa shape index (κ1) is 22.2. The number of hydrogen-bond acceptors (Lipinski definition) is 4. The van der Waals surface area contributed by atoms with Crippen molar-refractivity contribution in [3.63, 3.8) is 0 Å². The predicted molar refractivity (Wildman–Crippen MR) is 109 cm³/mol. The SMILES string of the molecule is CC(C)OCc1ccccc1CNC(=O)C1CCN(C(=O)OC(C)(C)C)CC1. The monoisotopic (exact) mass is 390 g/mol. The van der Waals surface area contributed by atoms with E-state index in [0.29, 0.717) is 39.1 Å². The van der Waals surface area contributed by atoms with Crippen molar-refractivity contribution < 1.29 is 19.1 Å². The van der Waals surface area contributed by atoms with Crippen LogP contribution in [0.4, 0.5) is 4.79 Å². The van der Waals surface area contributed by atoms with Crippen LogP contribution in [0.2, 0.25) is 0 Å². The maximum absolute atomic E-state index is 12.6. The average molecular weight is 391 g/mol. The van der Waals surface area contributed by atoms with E-state index < -0.39 is 5.60 Å². The summed E-state index contributed by atoms with van der Waals surface area (Å²) in [6.07, 6.45) is 1.18. The first-order valence-corrected chi connectivity index (χ1v) is 10.1. The van der Waals surface area contributed by atoms with Crippen LogP contribution in [0, 0.1) is 5.92 Å². The normalized spacial score (nSPS) is 15.6. The van der Waals surface area contributed by atoms with Gasteiger partial charge in [-0.25, -0.2) is 4.79 Å². The number of nitrogens with one attached hydrogen (secondary N) is 1. The number of likely N-dealkylation sites (tertiary alicyclic amines) is 1. The Kier molecular flexibility index (Phi) is 7.87. The Labute approximate surface area is 168 Å². The number of amides is 2. The Hall–Kier alpha value is -2.08. The van der Waals surface area contributed by atoms with E-state index in [4.69, 9.17) is 9.47 Å². The van der Waals surface area contributed by atoms with Crippen molar-refractivity contribution in [1.29, 1.82) is 0 Å². The molecule has 0 unspecified atom stereocenters. The van der Waals surface area contributed by atoms with Crippen molar-refractivity contribution in [2.75, 3.05) is 13.1 Å². The maximum atomic E-state index is 12.6. The molecule has 0 atom stereocenters. The van der Waals surface area contributed by atoms with Gasteiger partial charge in [0, 0.05) is 25.6 Å². The van der Waals surface area contributed by atoms with Gasteiger partial charge in [0.05, 0.1) is 12.7 Å². The lowest BCUT2D eigenvalue weighted by Crippen LogP contribution is -2.44. The average Bonchev–Trinajstić information content (AvgIpc) is 2.63. The Morgan fingerprint density at radius 1 is 1.14 bits per heavy atom. The smallest absolute Gasteiger partial charge is 0.410 e. The minimum absolute atomic E-state index is 0.0448. The first-order valence-electron chi connectivity index (χ1n) is 10.1. The predicted octanol–water partition coefficient (Wildman–Crippen LogP) is 3.87. The fourth-order valence-electron chi connectivity index (χ4n) is 3.10. The Morgan fingerprint density at radius 2 is 1.75 bits per heavy atom. The third kappa shape index (κ3) is 7.15. The van der Waals surface area contributed by atoms with Crippen molar-refractivity contribution in [3.8, 4) is 0 Å². The van der Waals surface area contributed by atoms with E-state index in [-0.39, 0.29) is 24.0 Å². The molecule has 1 heterocycles. The fourth-order valence-corrected chi connectivity index (χ4v) is 3.10. The highest BCUT2D eigenvalue weighted by atomic mass is 16.6. The van der Waals surface area contributed by atoms with Gasteiger partial charge in [0.1, 0.15) is 5.60 Å². The summed E-state index contributed by atoms with van der Waals surface area (Å²) in [5, 5.41) is 3.05. The molecule has 28 heavy (non-hydrogen) atoms. The molecule has 0 aliphatic carbocycles. The van der Waals surface area contributed by atoms with E-state index >= 15 is 0 Å². The van der Waals surface area contributed by atoms with E-state index in [1.807, 2.05) is 58.9 Å². The second-order valence-corrected chi connectivity index (χ2v) is 8.59. The second-order valence-electron chi connectivity index (χ2n) is 8.59. The summed E-state index contributed by atoms with van der Waals surface area (Å²) >= 11 is 0. The van der Waals surface area contributed by atoms with E-state index in [2.05, 4.69) is 5.32 Å². The number of ether oxygens (including phenoxy) is 2. The van der Waals surface area contributed by atoms with E-state index in [1.165, 1.54) is 0 Å². The molecule has 1 aromatic rings. The van der Waals surface area contributed by atoms with Gasteiger partial charge in [-0.3, -0.25) is 4.79 Å². The van der Waals surface area contributed by atoms with Crippen LogP contribution in [-0.2, 0) is 27.4 Å². The van der Waals surface area contributed by atoms with Gasteiger partial charge in [-0.1, -0.05) is 24.3 Å². The Balaban J connectivity index is 1.81. The summed E-state index contributed by atoms with van der Waals surface area (Å²) in [6, 6.07) is 8.00. The lowest BCUT2D eigenvalue weighted by atomic mass is 9.96. The molecule has 0 spiro atoms. The zero-order valence-electron chi connectivity index (χ0n) is 17.8. The largest absolute Gasteiger partial charge is 0.444 e. The topological polar surface area (TPSA) is 67.9 Å². The van der Waals surface area contributed by atoms with Gasteiger partial charge in [0.25, 0.3) is 0 Å². The summed E-state index contributed by atoms with van der Waals surface area (Å²) in [7, 11) is 0. The summed E-state index contributed by atoms with van der Waals surface area (Å²) in [5.74, 6) is -0.0267. The molecule has 1 saturated heterocycles. The van der Waals surface area contributed by atoms with Crippen LogP contribution in [0.5, 0.6) is 0 Å². The molecule has 0 bridgehead atoms. The number of benzene rings is 1. The quantitative estimate of drug-likeness (QED) is 0.800. The molecule has 1 aliphatic rings. The summed E-state index contributed by atoms with van der Waals surface area (Å²) in [5.41, 5.74) is 1.66. The zero-order chi connectivity index (χ0) is 20.7. The van der Waals surface area contributed by atoms with Gasteiger partial charge in [-0.2, -0.15) is 0 Å². The molecule has 156 valence electrons. The molecule has 6 heteroatoms. The van der Waals surface area contributed by atoms with E-state index in [0.717, 1.165) is 11.1 Å². The highest BCUT2D eigenvalue weighted by Gasteiger charge is 2.29. The number of carbonyl (C=O) groups is 2. The summed E-state index contributed by atoms with van der Waals surface area (Å²) in [4.78, 5) is 26.4. The molecule has 0 radical (unpaired) electrons. The molecule has 1 fully saturated rings. The van der Waals surface area contributed by atoms with Crippen LogP contribution in [0.3, 0.4) is 0 Å². The van der Waals surface area contributed by atoms with Gasteiger partial charge >= 0.3 is 6.09 Å². The molecule has 1 aliphatic heterocycles. The third-order valence-electron chi connectivity index (χ3n) is 4.66. The maximum Gasteiger partial charge on any atom is 0.410 e. The van der Waals surface area contributed by atoms with Gasteiger partial charge in [0.15, 0.2) is 0 Å². The number of piperidine rings is 1. The molecule has 2 rings (SSSR count). The van der Waals surface area contributed by atoms with Crippen LogP contribution < -0.4 is 5.32 Å². The standard InChI is InChI=1S/C22H34N2O4/c1-16(2)27-15-19-9-7-6-8-18(19)14-23-20(25)17-10-12-24(13-11-17)21(26)28-22(3,4)5/h6-9,16-17H,10-15H2,1-5H3,(H,23,25). The second kappa shape index (κ2) is 9.92. The van der Waals surface area contributed by atoms with Crippen molar-refractivity contribution in [1.82, 2.24) is 10.2 Å². The molecular weight excluding hydrogens is 356 g/mol. The lowest BCUT2D eigenvalue weighted by Gasteiger charge is -2.33. The summed E-state index contributed by atoms with van der Waals surface area (Å²) < 4.78 is 11.1. The van der Waals surface area contributed by atoms with Crippen LogP contribution in [0.1, 0.15) is 58.6 Å². The van der Waals surface area contributed by atoms with Crippen LogP contribution in [0.15, 0.2) is 24.3 Å². The molecule has 0 aromatic heterocycles.